The maximum absolute atomic E-state index is 11.0. The highest BCUT2D eigenvalue weighted by Crippen LogP contribution is 2.34. The molecule has 0 heterocycles. The molecule has 0 fully saturated rings. The van der Waals surface area contributed by atoms with Crippen molar-refractivity contribution in [3.63, 3.8) is 0 Å². The minimum absolute atomic E-state index is 0.317. The van der Waals surface area contributed by atoms with Crippen LogP contribution in [0.4, 0.5) is 0 Å². The van der Waals surface area contributed by atoms with Crippen molar-refractivity contribution in [1.82, 2.24) is 0 Å². The Kier molecular flexibility index (Phi) is 5.22. The van der Waals surface area contributed by atoms with E-state index in [9.17, 15) is 4.79 Å². The van der Waals surface area contributed by atoms with E-state index in [1.54, 1.807) is 32.2 Å². The summed E-state index contributed by atoms with van der Waals surface area (Å²) in [7, 11) is 3.09. The van der Waals surface area contributed by atoms with E-state index in [1.807, 2.05) is 0 Å². The molecule has 1 rings (SSSR count). The van der Waals surface area contributed by atoms with Crippen molar-refractivity contribution in [2.24, 2.45) is 0 Å². The molecule has 0 spiro atoms. The Balaban J connectivity index is 3.33. The number of ether oxygens (including phenoxy) is 2. The number of halogens is 1. The predicted molar refractivity (Wildman–Crippen MR) is 73.1 cm³/mol. The molecule has 1 aromatic rings. The van der Waals surface area contributed by atoms with Crippen LogP contribution >= 0.6 is 15.9 Å². The van der Waals surface area contributed by atoms with Gasteiger partial charge in [0.25, 0.3) is 0 Å². The topological polar surface area (TPSA) is 55.8 Å². The predicted octanol–water partition coefficient (Wildman–Crippen LogP) is 3.34. The molecule has 0 saturated heterocycles. The summed E-state index contributed by atoms with van der Waals surface area (Å²) in [5, 5.41) is 9.03. The van der Waals surface area contributed by atoms with E-state index in [4.69, 9.17) is 14.6 Å². The van der Waals surface area contributed by atoms with Crippen molar-refractivity contribution < 1.29 is 19.4 Å². The fourth-order valence-electron chi connectivity index (χ4n) is 1.50. The van der Waals surface area contributed by atoms with Crippen LogP contribution in [0.5, 0.6) is 11.5 Å². The molecule has 5 heteroatoms. The minimum atomic E-state index is -0.929. The van der Waals surface area contributed by atoms with Crippen molar-refractivity contribution in [1.29, 1.82) is 0 Å². The first kappa shape index (κ1) is 14.6. The first-order chi connectivity index (χ1) is 8.53. The number of rotatable bonds is 5. The molecule has 0 aliphatic rings. The Morgan fingerprint density at radius 3 is 2.39 bits per heavy atom. The molecule has 0 aliphatic heterocycles. The van der Waals surface area contributed by atoms with E-state index >= 15 is 0 Å². The summed E-state index contributed by atoms with van der Waals surface area (Å²) in [6.45, 7) is 1.79. The largest absolute Gasteiger partial charge is 0.496 e. The number of carboxylic acids is 1. The standard InChI is InChI=1S/C13H15BrO4/c1-4-8(13(15)16)5-9-6-12(18-3)10(14)7-11(9)17-2/h5-7H,4H2,1-3H3,(H,15,16)/b8-5+. The zero-order valence-electron chi connectivity index (χ0n) is 10.5. The molecule has 18 heavy (non-hydrogen) atoms. The summed E-state index contributed by atoms with van der Waals surface area (Å²) >= 11 is 3.35. The second kappa shape index (κ2) is 6.44. The average Bonchev–Trinajstić information content (AvgIpc) is 2.36. The number of carboxylic acid groups (broad SMARTS) is 1. The van der Waals surface area contributed by atoms with Gasteiger partial charge in [0.1, 0.15) is 11.5 Å². The van der Waals surface area contributed by atoms with Gasteiger partial charge >= 0.3 is 5.97 Å². The molecule has 98 valence electrons. The number of hydrogen-bond donors (Lipinski definition) is 1. The van der Waals surface area contributed by atoms with Crippen molar-refractivity contribution in [3.8, 4) is 11.5 Å². The Morgan fingerprint density at radius 1 is 1.33 bits per heavy atom. The summed E-state index contributed by atoms with van der Waals surface area (Å²) in [6, 6.07) is 3.49. The van der Waals surface area contributed by atoms with Gasteiger partial charge in [0.2, 0.25) is 0 Å². The maximum Gasteiger partial charge on any atom is 0.331 e. The van der Waals surface area contributed by atoms with Crippen LogP contribution in [0.2, 0.25) is 0 Å². The normalized spacial score (nSPS) is 11.2. The van der Waals surface area contributed by atoms with Crippen LogP contribution in [0, 0.1) is 0 Å². The molecule has 0 atom stereocenters. The summed E-state index contributed by atoms with van der Waals surface area (Å²) in [6.07, 6.45) is 2.03. The Hall–Kier alpha value is -1.49. The van der Waals surface area contributed by atoms with Crippen LogP contribution in [0.15, 0.2) is 22.2 Å². The van der Waals surface area contributed by atoms with Gasteiger partial charge < -0.3 is 14.6 Å². The maximum atomic E-state index is 11.0. The Bertz CT molecular complexity index is 480. The molecule has 4 nitrogen and oxygen atoms in total. The highest BCUT2D eigenvalue weighted by molar-refractivity contribution is 9.10. The lowest BCUT2D eigenvalue weighted by Crippen LogP contribution is -1.99. The van der Waals surface area contributed by atoms with Crippen molar-refractivity contribution in [3.05, 3.63) is 27.7 Å². The van der Waals surface area contributed by atoms with Gasteiger partial charge in [0.05, 0.1) is 18.7 Å². The van der Waals surface area contributed by atoms with Gasteiger partial charge in [0, 0.05) is 11.1 Å². The second-order valence-electron chi connectivity index (χ2n) is 3.56. The van der Waals surface area contributed by atoms with Crippen LogP contribution in [0.1, 0.15) is 18.9 Å². The van der Waals surface area contributed by atoms with E-state index in [0.717, 1.165) is 4.47 Å². The van der Waals surface area contributed by atoms with Gasteiger partial charge in [0.15, 0.2) is 0 Å². The van der Waals surface area contributed by atoms with Crippen molar-refractivity contribution >= 4 is 28.0 Å². The molecule has 0 radical (unpaired) electrons. The van der Waals surface area contributed by atoms with E-state index in [1.165, 1.54) is 7.11 Å². The summed E-state index contributed by atoms with van der Waals surface area (Å²) in [4.78, 5) is 11.0. The molecule has 0 bridgehead atoms. The summed E-state index contributed by atoms with van der Waals surface area (Å²) < 4.78 is 11.2. The van der Waals surface area contributed by atoms with E-state index in [-0.39, 0.29) is 0 Å². The molecule has 0 aliphatic carbocycles. The fraction of sp³-hybridized carbons (Fsp3) is 0.308. The van der Waals surface area contributed by atoms with Gasteiger partial charge in [-0.3, -0.25) is 0 Å². The number of methoxy groups -OCH3 is 2. The lowest BCUT2D eigenvalue weighted by atomic mass is 10.1. The van der Waals surface area contributed by atoms with Crippen molar-refractivity contribution in [2.45, 2.75) is 13.3 Å². The van der Waals surface area contributed by atoms with E-state index < -0.39 is 5.97 Å². The third-order valence-corrected chi connectivity index (χ3v) is 3.11. The number of benzene rings is 1. The van der Waals surface area contributed by atoms with Gasteiger partial charge in [-0.15, -0.1) is 0 Å². The SMILES string of the molecule is CC/C(=C\c1cc(OC)c(Br)cc1OC)C(=O)O. The molecular weight excluding hydrogens is 300 g/mol. The Labute approximate surface area is 114 Å². The average molecular weight is 315 g/mol. The van der Waals surface area contributed by atoms with Crippen LogP contribution in [0.3, 0.4) is 0 Å². The summed E-state index contributed by atoms with van der Waals surface area (Å²) in [5.41, 5.74) is 0.995. The quantitative estimate of drug-likeness (QED) is 0.847. The monoisotopic (exact) mass is 314 g/mol. The molecular formula is C13H15BrO4. The van der Waals surface area contributed by atoms with Gasteiger partial charge in [-0.05, 0) is 40.6 Å². The molecule has 1 N–H and O–H groups in total. The van der Waals surface area contributed by atoms with Crippen LogP contribution in [-0.4, -0.2) is 25.3 Å². The summed E-state index contributed by atoms with van der Waals surface area (Å²) in [5.74, 6) is 0.291. The number of aliphatic carboxylic acids is 1. The highest BCUT2D eigenvalue weighted by Gasteiger charge is 2.11. The number of carbonyl (C=O) groups is 1. The fourth-order valence-corrected chi connectivity index (χ4v) is 1.98. The zero-order chi connectivity index (χ0) is 13.7. The van der Waals surface area contributed by atoms with Gasteiger partial charge in [-0.2, -0.15) is 0 Å². The molecule has 0 saturated carbocycles. The van der Waals surface area contributed by atoms with Crippen LogP contribution in [0.25, 0.3) is 6.08 Å². The lowest BCUT2D eigenvalue weighted by molar-refractivity contribution is -0.132. The van der Waals surface area contributed by atoms with Crippen LogP contribution < -0.4 is 9.47 Å². The molecule has 0 aromatic heterocycles. The minimum Gasteiger partial charge on any atom is -0.496 e. The molecule has 0 unspecified atom stereocenters. The van der Waals surface area contributed by atoms with Crippen molar-refractivity contribution in [2.75, 3.05) is 14.2 Å². The smallest absolute Gasteiger partial charge is 0.331 e. The second-order valence-corrected chi connectivity index (χ2v) is 4.41. The molecule has 1 aromatic carbocycles. The number of hydrogen-bond acceptors (Lipinski definition) is 3. The zero-order valence-corrected chi connectivity index (χ0v) is 12.1. The van der Waals surface area contributed by atoms with Gasteiger partial charge in [-0.25, -0.2) is 4.79 Å². The first-order valence-electron chi connectivity index (χ1n) is 5.38. The van der Waals surface area contributed by atoms with E-state index in [0.29, 0.717) is 29.1 Å². The lowest BCUT2D eigenvalue weighted by Gasteiger charge is -2.10. The third-order valence-electron chi connectivity index (χ3n) is 2.49. The van der Waals surface area contributed by atoms with Crippen LogP contribution in [-0.2, 0) is 4.79 Å². The molecule has 0 amide bonds. The third kappa shape index (κ3) is 3.26. The van der Waals surface area contributed by atoms with Gasteiger partial charge in [-0.1, -0.05) is 6.92 Å². The van der Waals surface area contributed by atoms with E-state index in [2.05, 4.69) is 15.9 Å². The highest BCUT2D eigenvalue weighted by atomic mass is 79.9. The first-order valence-corrected chi connectivity index (χ1v) is 6.18. The Morgan fingerprint density at radius 2 is 1.94 bits per heavy atom.